The quantitative estimate of drug-likeness (QED) is 0.504. The molecule has 2 aromatic rings. The SMILES string of the molecule is CCCCOCCCNCc1ccccc1OCc1c(F)cccc1Cl. The molecule has 0 heterocycles. The van der Waals surface area contributed by atoms with E-state index < -0.39 is 0 Å². The van der Waals surface area contributed by atoms with Gasteiger partial charge in [0, 0.05) is 30.9 Å². The molecule has 0 aliphatic rings. The topological polar surface area (TPSA) is 30.5 Å². The van der Waals surface area contributed by atoms with Crippen molar-refractivity contribution in [3.8, 4) is 5.75 Å². The molecule has 1 N–H and O–H groups in total. The largest absolute Gasteiger partial charge is 0.488 e. The maximum atomic E-state index is 13.9. The Bertz CT molecular complexity index is 646. The van der Waals surface area contributed by atoms with Gasteiger partial charge in [-0.1, -0.05) is 49.2 Å². The Hall–Kier alpha value is -1.62. The monoisotopic (exact) mass is 379 g/mol. The number of hydrogen-bond donors (Lipinski definition) is 1. The molecular formula is C21H27ClFNO2. The van der Waals surface area contributed by atoms with Gasteiger partial charge in [0.05, 0.1) is 5.02 Å². The average molecular weight is 380 g/mol. The highest BCUT2D eigenvalue weighted by atomic mass is 35.5. The van der Waals surface area contributed by atoms with Crippen LogP contribution in [0.4, 0.5) is 4.39 Å². The number of unbranched alkanes of at least 4 members (excludes halogenated alkanes) is 1. The minimum Gasteiger partial charge on any atom is -0.488 e. The smallest absolute Gasteiger partial charge is 0.131 e. The van der Waals surface area contributed by atoms with Crippen molar-refractivity contribution < 1.29 is 13.9 Å². The molecule has 3 nitrogen and oxygen atoms in total. The van der Waals surface area contributed by atoms with Crippen molar-refractivity contribution in [2.75, 3.05) is 19.8 Å². The Balaban J connectivity index is 1.78. The van der Waals surface area contributed by atoms with Gasteiger partial charge in [0.25, 0.3) is 0 Å². The van der Waals surface area contributed by atoms with E-state index in [1.807, 2.05) is 24.3 Å². The Morgan fingerprint density at radius 2 is 1.85 bits per heavy atom. The third-order valence-electron chi connectivity index (χ3n) is 4.01. The van der Waals surface area contributed by atoms with Gasteiger partial charge in [0.15, 0.2) is 0 Å². The number of benzene rings is 2. The van der Waals surface area contributed by atoms with E-state index in [4.69, 9.17) is 21.1 Å². The van der Waals surface area contributed by atoms with Crippen LogP contribution < -0.4 is 10.1 Å². The second-order valence-electron chi connectivity index (χ2n) is 6.09. The summed E-state index contributed by atoms with van der Waals surface area (Å²) in [6, 6.07) is 12.4. The molecule has 2 aromatic carbocycles. The first-order valence-corrected chi connectivity index (χ1v) is 9.52. The van der Waals surface area contributed by atoms with Crippen molar-refractivity contribution in [1.82, 2.24) is 5.32 Å². The first-order chi connectivity index (χ1) is 12.7. The molecule has 0 bridgehead atoms. The molecule has 0 saturated heterocycles. The first kappa shape index (κ1) is 20.7. The minimum atomic E-state index is -0.351. The van der Waals surface area contributed by atoms with Crippen LogP contribution in [0.25, 0.3) is 0 Å². The number of halogens is 2. The van der Waals surface area contributed by atoms with E-state index in [2.05, 4.69) is 12.2 Å². The van der Waals surface area contributed by atoms with Crippen LogP contribution in [0, 0.1) is 5.82 Å². The van der Waals surface area contributed by atoms with E-state index in [-0.39, 0.29) is 12.4 Å². The number of hydrogen-bond acceptors (Lipinski definition) is 3. The third kappa shape index (κ3) is 6.94. The van der Waals surface area contributed by atoms with E-state index >= 15 is 0 Å². The molecule has 0 aliphatic heterocycles. The lowest BCUT2D eigenvalue weighted by Crippen LogP contribution is -2.17. The summed E-state index contributed by atoms with van der Waals surface area (Å²) >= 11 is 6.06. The standard InChI is InChI=1S/C21H27ClFNO2/c1-2-3-13-25-14-7-12-24-15-17-8-4-5-11-21(17)26-16-18-19(22)9-6-10-20(18)23/h4-6,8-11,24H,2-3,7,12-16H2,1H3. The van der Waals surface area contributed by atoms with Crippen LogP contribution in [-0.4, -0.2) is 19.8 Å². The van der Waals surface area contributed by atoms with E-state index in [1.54, 1.807) is 12.1 Å². The van der Waals surface area contributed by atoms with Crippen molar-refractivity contribution in [1.29, 1.82) is 0 Å². The van der Waals surface area contributed by atoms with Crippen molar-refractivity contribution >= 4 is 11.6 Å². The molecule has 0 aromatic heterocycles. The van der Waals surface area contributed by atoms with E-state index in [0.29, 0.717) is 17.1 Å². The van der Waals surface area contributed by atoms with Gasteiger partial charge in [-0.2, -0.15) is 0 Å². The highest BCUT2D eigenvalue weighted by Crippen LogP contribution is 2.23. The predicted octanol–water partition coefficient (Wildman–Crippen LogP) is 5.35. The molecule has 142 valence electrons. The van der Waals surface area contributed by atoms with Gasteiger partial charge >= 0.3 is 0 Å². The maximum absolute atomic E-state index is 13.9. The predicted molar refractivity (Wildman–Crippen MR) is 104 cm³/mol. The van der Waals surface area contributed by atoms with Crippen molar-refractivity contribution in [3.63, 3.8) is 0 Å². The molecule has 5 heteroatoms. The zero-order chi connectivity index (χ0) is 18.6. The summed E-state index contributed by atoms with van der Waals surface area (Å²) in [6.45, 7) is 5.44. The lowest BCUT2D eigenvalue weighted by Gasteiger charge is -2.13. The summed E-state index contributed by atoms with van der Waals surface area (Å²) in [7, 11) is 0. The number of ether oxygens (including phenoxy) is 2. The maximum Gasteiger partial charge on any atom is 0.131 e. The molecular weight excluding hydrogens is 353 g/mol. The second-order valence-corrected chi connectivity index (χ2v) is 6.50. The highest BCUT2D eigenvalue weighted by molar-refractivity contribution is 6.31. The summed E-state index contributed by atoms with van der Waals surface area (Å²) in [5.41, 5.74) is 1.41. The Kier molecular flexibility index (Phi) is 9.46. The number of nitrogens with one attached hydrogen (secondary N) is 1. The molecule has 0 amide bonds. The number of para-hydroxylation sites is 1. The van der Waals surface area contributed by atoms with E-state index in [0.717, 1.165) is 50.3 Å². The average Bonchev–Trinajstić information content (AvgIpc) is 2.64. The summed E-state index contributed by atoms with van der Waals surface area (Å²) in [5.74, 6) is 0.384. The zero-order valence-electron chi connectivity index (χ0n) is 15.3. The van der Waals surface area contributed by atoms with Crippen molar-refractivity contribution in [3.05, 3.63) is 64.4 Å². The van der Waals surface area contributed by atoms with Gasteiger partial charge in [0.1, 0.15) is 18.2 Å². The van der Waals surface area contributed by atoms with Gasteiger partial charge < -0.3 is 14.8 Å². The fourth-order valence-corrected chi connectivity index (χ4v) is 2.70. The molecule has 0 aliphatic carbocycles. The van der Waals surface area contributed by atoms with Crippen LogP contribution >= 0.6 is 11.6 Å². The molecule has 0 radical (unpaired) electrons. The Labute approximate surface area is 160 Å². The Morgan fingerprint density at radius 1 is 1.04 bits per heavy atom. The normalized spacial score (nSPS) is 10.9. The molecule has 0 atom stereocenters. The first-order valence-electron chi connectivity index (χ1n) is 9.14. The molecule has 0 unspecified atom stereocenters. The van der Waals surface area contributed by atoms with E-state index in [1.165, 1.54) is 6.07 Å². The summed E-state index contributed by atoms with van der Waals surface area (Å²) < 4.78 is 25.2. The number of rotatable bonds is 12. The van der Waals surface area contributed by atoms with Crippen LogP contribution in [0.15, 0.2) is 42.5 Å². The highest BCUT2D eigenvalue weighted by Gasteiger charge is 2.09. The summed E-state index contributed by atoms with van der Waals surface area (Å²) in [4.78, 5) is 0. The van der Waals surface area contributed by atoms with Gasteiger partial charge in [-0.05, 0) is 37.6 Å². The molecule has 2 rings (SSSR count). The fraction of sp³-hybridized carbons (Fsp3) is 0.429. The molecule has 0 spiro atoms. The van der Waals surface area contributed by atoms with Crippen LogP contribution in [-0.2, 0) is 17.9 Å². The van der Waals surface area contributed by atoms with Crippen molar-refractivity contribution in [2.24, 2.45) is 0 Å². The minimum absolute atomic E-state index is 0.105. The van der Waals surface area contributed by atoms with Gasteiger partial charge in [-0.25, -0.2) is 4.39 Å². The zero-order valence-corrected chi connectivity index (χ0v) is 16.0. The van der Waals surface area contributed by atoms with Crippen LogP contribution in [0.2, 0.25) is 5.02 Å². The lowest BCUT2D eigenvalue weighted by atomic mass is 10.2. The van der Waals surface area contributed by atoms with Crippen LogP contribution in [0.5, 0.6) is 5.75 Å². The molecule has 0 fully saturated rings. The van der Waals surface area contributed by atoms with Crippen LogP contribution in [0.1, 0.15) is 37.3 Å². The summed E-state index contributed by atoms with van der Waals surface area (Å²) in [6.07, 6.45) is 3.24. The molecule has 0 saturated carbocycles. The van der Waals surface area contributed by atoms with Crippen LogP contribution in [0.3, 0.4) is 0 Å². The fourth-order valence-electron chi connectivity index (χ4n) is 2.48. The van der Waals surface area contributed by atoms with Gasteiger partial charge in [0.2, 0.25) is 0 Å². The Morgan fingerprint density at radius 3 is 2.65 bits per heavy atom. The third-order valence-corrected chi connectivity index (χ3v) is 4.36. The second kappa shape index (κ2) is 11.9. The van der Waals surface area contributed by atoms with Gasteiger partial charge in [-0.3, -0.25) is 0 Å². The van der Waals surface area contributed by atoms with Gasteiger partial charge in [-0.15, -0.1) is 0 Å². The van der Waals surface area contributed by atoms with E-state index in [9.17, 15) is 4.39 Å². The van der Waals surface area contributed by atoms with Crippen molar-refractivity contribution in [2.45, 2.75) is 39.3 Å². The lowest BCUT2D eigenvalue weighted by molar-refractivity contribution is 0.128. The molecule has 26 heavy (non-hydrogen) atoms. The summed E-state index contributed by atoms with van der Waals surface area (Å²) in [5, 5.41) is 3.77.